The van der Waals surface area contributed by atoms with Crippen LogP contribution in [-0.2, 0) is 10.0 Å². The highest BCUT2D eigenvalue weighted by molar-refractivity contribution is 7.89. The van der Waals surface area contributed by atoms with Crippen LogP contribution in [-0.4, -0.2) is 67.8 Å². The van der Waals surface area contributed by atoms with Crippen LogP contribution in [0.1, 0.15) is 69.2 Å². The Balaban J connectivity index is 1.49. The fourth-order valence-corrected chi connectivity index (χ4v) is 5.60. The predicted molar refractivity (Wildman–Crippen MR) is 124 cm³/mol. The number of nitrogens with one attached hydrogen (secondary N) is 2. The summed E-state index contributed by atoms with van der Waals surface area (Å²) in [7, 11) is -2.03. The van der Waals surface area contributed by atoms with Gasteiger partial charge in [0.1, 0.15) is 0 Å². The van der Waals surface area contributed by atoms with E-state index in [4.69, 9.17) is 0 Å². The van der Waals surface area contributed by atoms with Crippen LogP contribution in [0.25, 0.3) is 0 Å². The molecule has 1 heterocycles. The predicted octanol–water partition coefficient (Wildman–Crippen LogP) is 2.95. The molecule has 8 nitrogen and oxygen atoms in total. The number of benzene rings is 1. The lowest BCUT2D eigenvalue weighted by Crippen LogP contribution is -2.51. The zero-order valence-corrected chi connectivity index (χ0v) is 20.2. The molecule has 3 amide bonds. The number of nitrogens with zero attached hydrogens (tertiary/aromatic N) is 2. The number of urea groups is 1. The summed E-state index contributed by atoms with van der Waals surface area (Å²) < 4.78 is 26.4. The summed E-state index contributed by atoms with van der Waals surface area (Å²) in [5.74, 6) is -0.226. The Hall–Kier alpha value is -2.13. The smallest absolute Gasteiger partial charge is 0.317 e. The van der Waals surface area contributed by atoms with Gasteiger partial charge in [-0.15, -0.1) is 0 Å². The summed E-state index contributed by atoms with van der Waals surface area (Å²) in [5, 5.41) is 6.17. The lowest BCUT2D eigenvalue weighted by Gasteiger charge is -2.34. The lowest BCUT2D eigenvalue weighted by atomic mass is 9.95. The number of hydrogen-bond acceptors (Lipinski definition) is 4. The van der Waals surface area contributed by atoms with Gasteiger partial charge in [0.2, 0.25) is 10.0 Å². The number of sulfonamides is 1. The van der Waals surface area contributed by atoms with Gasteiger partial charge in [-0.25, -0.2) is 13.2 Å². The second-order valence-electron chi connectivity index (χ2n) is 9.16. The first-order valence-corrected chi connectivity index (χ1v) is 13.1. The number of likely N-dealkylation sites (tertiary alicyclic amines) is 1. The van der Waals surface area contributed by atoms with Crippen molar-refractivity contribution in [2.45, 2.75) is 81.8 Å². The molecule has 9 heteroatoms. The van der Waals surface area contributed by atoms with Crippen LogP contribution in [0, 0.1) is 0 Å². The highest BCUT2D eigenvalue weighted by Crippen LogP contribution is 2.19. The monoisotopic (exact) mass is 464 g/mol. The third-order valence-corrected chi connectivity index (χ3v) is 8.62. The van der Waals surface area contributed by atoms with Crippen molar-refractivity contribution >= 4 is 22.0 Å². The molecule has 1 saturated heterocycles. The average molecular weight is 465 g/mol. The molecule has 1 saturated carbocycles. The van der Waals surface area contributed by atoms with Crippen LogP contribution in [0.4, 0.5) is 4.79 Å². The van der Waals surface area contributed by atoms with Crippen LogP contribution in [0.5, 0.6) is 0 Å². The Labute approximate surface area is 191 Å². The number of carbonyl (C=O) groups is 2. The second kappa shape index (κ2) is 10.7. The Morgan fingerprint density at radius 1 is 0.938 bits per heavy atom. The van der Waals surface area contributed by atoms with Crippen molar-refractivity contribution in [3.05, 3.63) is 29.8 Å². The molecule has 2 N–H and O–H groups in total. The van der Waals surface area contributed by atoms with Crippen molar-refractivity contribution in [1.29, 1.82) is 0 Å². The van der Waals surface area contributed by atoms with Crippen LogP contribution >= 0.6 is 0 Å². The normalized spacial score (nSPS) is 18.7. The molecular formula is C23H36N4O4S. The first kappa shape index (κ1) is 24.5. The molecule has 1 aromatic carbocycles. The molecule has 1 aliphatic carbocycles. The van der Waals surface area contributed by atoms with E-state index in [9.17, 15) is 18.0 Å². The standard InChI is InChI=1S/C23H36N4O4S/c1-17(2)26(3)32(30,31)21-11-9-18(10-12-21)22(28)24-20-13-15-27(16-14-20)23(29)25-19-7-5-4-6-8-19/h9-12,17,19-20H,4-8,13-16H2,1-3H3,(H,24,28)(H,25,29). The molecule has 3 rings (SSSR count). The van der Waals surface area contributed by atoms with E-state index < -0.39 is 10.0 Å². The minimum Gasteiger partial charge on any atom is -0.349 e. The zero-order chi connectivity index (χ0) is 23.3. The van der Waals surface area contributed by atoms with Crippen LogP contribution in [0.3, 0.4) is 0 Å². The summed E-state index contributed by atoms with van der Waals surface area (Å²) >= 11 is 0. The van der Waals surface area contributed by atoms with Gasteiger partial charge >= 0.3 is 6.03 Å². The van der Waals surface area contributed by atoms with E-state index in [0.717, 1.165) is 12.8 Å². The molecule has 0 unspecified atom stereocenters. The van der Waals surface area contributed by atoms with Crippen LogP contribution < -0.4 is 10.6 Å². The topological polar surface area (TPSA) is 98.8 Å². The summed E-state index contributed by atoms with van der Waals surface area (Å²) in [6.45, 7) is 4.85. The SMILES string of the molecule is CC(C)N(C)S(=O)(=O)c1ccc(C(=O)NC2CCN(C(=O)NC3CCCCC3)CC2)cc1. The fraction of sp³-hybridized carbons (Fsp3) is 0.652. The van der Waals surface area contributed by atoms with E-state index in [1.807, 2.05) is 18.7 Å². The molecular weight excluding hydrogens is 428 g/mol. The average Bonchev–Trinajstić information content (AvgIpc) is 2.79. The first-order valence-electron chi connectivity index (χ1n) is 11.6. The van der Waals surface area contributed by atoms with Gasteiger partial charge in [-0.05, 0) is 63.8 Å². The maximum absolute atomic E-state index is 12.6. The van der Waals surface area contributed by atoms with E-state index in [1.54, 1.807) is 19.2 Å². The first-order chi connectivity index (χ1) is 15.2. The number of carbonyl (C=O) groups excluding carboxylic acids is 2. The van der Waals surface area contributed by atoms with E-state index in [1.165, 1.54) is 35.7 Å². The van der Waals surface area contributed by atoms with Gasteiger partial charge in [-0.1, -0.05) is 19.3 Å². The van der Waals surface area contributed by atoms with Gasteiger partial charge in [0.15, 0.2) is 0 Å². The van der Waals surface area contributed by atoms with E-state index >= 15 is 0 Å². The maximum Gasteiger partial charge on any atom is 0.317 e. The van der Waals surface area contributed by atoms with Gasteiger partial charge in [0.05, 0.1) is 4.90 Å². The Morgan fingerprint density at radius 3 is 2.06 bits per heavy atom. The Morgan fingerprint density at radius 2 is 1.50 bits per heavy atom. The molecule has 0 radical (unpaired) electrons. The van der Waals surface area contributed by atoms with Crippen molar-refractivity contribution in [3.8, 4) is 0 Å². The third-order valence-electron chi connectivity index (χ3n) is 6.57. The van der Waals surface area contributed by atoms with Gasteiger partial charge in [0, 0.05) is 43.8 Å². The van der Waals surface area contributed by atoms with Crippen molar-refractivity contribution < 1.29 is 18.0 Å². The molecule has 0 aromatic heterocycles. The summed E-state index contributed by atoms with van der Waals surface area (Å²) in [6, 6.07) is 6.18. The van der Waals surface area contributed by atoms with E-state index in [0.29, 0.717) is 37.5 Å². The largest absolute Gasteiger partial charge is 0.349 e. The molecule has 0 atom stereocenters. The number of piperidine rings is 1. The van der Waals surface area contributed by atoms with Gasteiger partial charge in [-0.2, -0.15) is 4.31 Å². The molecule has 0 bridgehead atoms. The summed E-state index contributed by atoms with van der Waals surface area (Å²) in [6.07, 6.45) is 7.15. The van der Waals surface area contributed by atoms with Gasteiger partial charge < -0.3 is 15.5 Å². The quantitative estimate of drug-likeness (QED) is 0.676. The molecule has 32 heavy (non-hydrogen) atoms. The minimum atomic E-state index is -3.57. The van der Waals surface area contributed by atoms with Crippen molar-refractivity contribution in [2.75, 3.05) is 20.1 Å². The lowest BCUT2D eigenvalue weighted by molar-refractivity contribution is 0.0917. The number of rotatable bonds is 6. The summed E-state index contributed by atoms with van der Waals surface area (Å²) in [4.78, 5) is 27.1. The number of amides is 3. The van der Waals surface area contributed by atoms with Gasteiger partial charge in [-0.3, -0.25) is 4.79 Å². The molecule has 1 aliphatic heterocycles. The molecule has 0 spiro atoms. The zero-order valence-electron chi connectivity index (χ0n) is 19.3. The molecule has 178 valence electrons. The summed E-state index contributed by atoms with van der Waals surface area (Å²) in [5.41, 5.74) is 0.425. The minimum absolute atomic E-state index is 0.00304. The van der Waals surface area contributed by atoms with E-state index in [2.05, 4.69) is 10.6 Å². The highest BCUT2D eigenvalue weighted by Gasteiger charge is 2.27. The third kappa shape index (κ3) is 6.01. The van der Waals surface area contributed by atoms with Crippen molar-refractivity contribution in [3.63, 3.8) is 0 Å². The van der Waals surface area contributed by atoms with Crippen LogP contribution in [0.15, 0.2) is 29.2 Å². The maximum atomic E-state index is 12.6. The Kier molecular flexibility index (Phi) is 8.16. The number of hydrogen-bond donors (Lipinski definition) is 2. The fourth-order valence-electron chi connectivity index (χ4n) is 4.23. The van der Waals surface area contributed by atoms with Crippen molar-refractivity contribution in [2.24, 2.45) is 0 Å². The Bertz CT molecular complexity index is 887. The van der Waals surface area contributed by atoms with E-state index in [-0.39, 0.29) is 28.9 Å². The molecule has 2 aliphatic rings. The molecule has 1 aromatic rings. The molecule has 2 fully saturated rings. The van der Waals surface area contributed by atoms with Crippen molar-refractivity contribution in [1.82, 2.24) is 19.8 Å². The van der Waals surface area contributed by atoms with Crippen LogP contribution in [0.2, 0.25) is 0 Å². The second-order valence-corrected chi connectivity index (χ2v) is 11.2. The highest BCUT2D eigenvalue weighted by atomic mass is 32.2. The van der Waals surface area contributed by atoms with Gasteiger partial charge in [0.25, 0.3) is 5.91 Å².